The third kappa shape index (κ3) is 4.49. The number of carbonyl (C=O) groups is 1. The molecule has 9 heteroatoms. The van der Waals surface area contributed by atoms with Gasteiger partial charge in [0, 0.05) is 12.7 Å². The molecule has 0 bridgehead atoms. The first kappa shape index (κ1) is 21.9. The molecule has 1 aliphatic rings. The molecule has 3 aromatic rings. The van der Waals surface area contributed by atoms with Crippen molar-refractivity contribution in [2.24, 2.45) is 0 Å². The van der Waals surface area contributed by atoms with Gasteiger partial charge in [-0.25, -0.2) is 13.4 Å². The predicted molar refractivity (Wildman–Crippen MR) is 124 cm³/mol. The molecule has 3 heterocycles. The summed E-state index contributed by atoms with van der Waals surface area (Å²) >= 11 is 1.45. The molecule has 0 N–H and O–H groups in total. The molecule has 31 heavy (non-hydrogen) atoms. The molecule has 1 unspecified atom stereocenters. The topological polar surface area (TPSA) is 83.5 Å². The minimum atomic E-state index is -3.47. The van der Waals surface area contributed by atoms with Crippen molar-refractivity contribution in [1.29, 1.82) is 0 Å². The normalized spacial score (nSPS) is 17.5. The number of carbonyl (C=O) groups excluding carboxylic acids is 1. The zero-order valence-electron chi connectivity index (χ0n) is 17.9. The van der Waals surface area contributed by atoms with Gasteiger partial charge in [-0.1, -0.05) is 43.4 Å². The summed E-state index contributed by atoms with van der Waals surface area (Å²) in [5.41, 5.74) is 2.75. The molecular formula is C22H26N4O3S2. The molecule has 1 aliphatic heterocycles. The minimum absolute atomic E-state index is 0.241. The van der Waals surface area contributed by atoms with E-state index in [0.29, 0.717) is 30.4 Å². The average Bonchev–Trinajstić information content (AvgIpc) is 3.38. The number of aromatic nitrogens is 2. The van der Waals surface area contributed by atoms with E-state index in [4.69, 9.17) is 4.98 Å². The van der Waals surface area contributed by atoms with Crippen molar-refractivity contribution in [2.75, 3.05) is 17.7 Å². The highest BCUT2D eigenvalue weighted by molar-refractivity contribution is 7.88. The Morgan fingerprint density at radius 1 is 1.26 bits per heavy atom. The van der Waals surface area contributed by atoms with Gasteiger partial charge in [0.25, 0.3) is 0 Å². The van der Waals surface area contributed by atoms with E-state index >= 15 is 0 Å². The molecular weight excluding hydrogens is 432 g/mol. The highest BCUT2D eigenvalue weighted by Crippen LogP contribution is 2.35. The fraction of sp³-hybridized carbons (Fsp3) is 0.409. The van der Waals surface area contributed by atoms with Crippen LogP contribution in [0.1, 0.15) is 43.9 Å². The number of nitrogens with zero attached hydrogens (tertiary/aromatic N) is 4. The number of pyridine rings is 1. The minimum Gasteiger partial charge on any atom is -0.281 e. The van der Waals surface area contributed by atoms with Crippen molar-refractivity contribution in [2.45, 2.75) is 45.2 Å². The zero-order valence-corrected chi connectivity index (χ0v) is 19.5. The number of thiazole rings is 1. The fourth-order valence-corrected chi connectivity index (χ4v) is 6.12. The Bertz CT molecular complexity index is 1190. The van der Waals surface area contributed by atoms with Gasteiger partial charge < -0.3 is 0 Å². The molecule has 1 amide bonds. The second-order valence-electron chi connectivity index (χ2n) is 8.12. The molecule has 0 spiro atoms. The van der Waals surface area contributed by atoms with Crippen LogP contribution in [-0.2, 0) is 21.4 Å². The van der Waals surface area contributed by atoms with Gasteiger partial charge in [-0.15, -0.1) is 0 Å². The lowest BCUT2D eigenvalue weighted by molar-refractivity contribution is -0.121. The van der Waals surface area contributed by atoms with Crippen molar-refractivity contribution >= 4 is 42.6 Å². The van der Waals surface area contributed by atoms with Gasteiger partial charge in [0.05, 0.1) is 28.7 Å². The van der Waals surface area contributed by atoms with Gasteiger partial charge in [0.2, 0.25) is 15.9 Å². The summed E-state index contributed by atoms with van der Waals surface area (Å²) in [5, 5.41) is 0.569. The van der Waals surface area contributed by atoms with Gasteiger partial charge in [-0.3, -0.25) is 14.7 Å². The van der Waals surface area contributed by atoms with Crippen LogP contribution in [0.2, 0.25) is 0 Å². The summed E-state index contributed by atoms with van der Waals surface area (Å²) in [4.78, 5) is 24.5. The summed E-state index contributed by atoms with van der Waals surface area (Å²) in [6.07, 6.45) is 4.02. The van der Waals surface area contributed by atoms with E-state index in [1.807, 2.05) is 30.3 Å². The maximum atomic E-state index is 13.7. The Balaban J connectivity index is 1.77. The van der Waals surface area contributed by atoms with Crippen LogP contribution in [0, 0.1) is 0 Å². The van der Waals surface area contributed by atoms with Crippen molar-refractivity contribution in [1.82, 2.24) is 14.3 Å². The third-order valence-electron chi connectivity index (χ3n) is 5.52. The number of benzene rings is 1. The number of hydrogen-bond donors (Lipinski definition) is 0. The number of para-hydroxylation sites is 1. The SMILES string of the molecule is CC(C)c1cccc2sc(N(Cc3ccccn3)C(=O)C3CCCN3S(C)(=O)=O)nc12. The molecule has 0 saturated carbocycles. The Labute approximate surface area is 186 Å². The quantitative estimate of drug-likeness (QED) is 0.561. The van der Waals surface area contributed by atoms with Crippen LogP contribution in [-0.4, -0.2) is 47.4 Å². The molecule has 1 saturated heterocycles. The van der Waals surface area contributed by atoms with E-state index in [1.54, 1.807) is 11.1 Å². The van der Waals surface area contributed by atoms with Gasteiger partial charge in [-0.2, -0.15) is 4.31 Å². The van der Waals surface area contributed by atoms with Crippen molar-refractivity contribution in [3.05, 3.63) is 53.9 Å². The summed E-state index contributed by atoms with van der Waals surface area (Å²) in [5.74, 6) is 0.0490. The number of rotatable bonds is 6. The lowest BCUT2D eigenvalue weighted by atomic mass is 10.0. The maximum absolute atomic E-state index is 13.7. The number of anilines is 1. The van der Waals surface area contributed by atoms with Crippen LogP contribution >= 0.6 is 11.3 Å². The number of sulfonamides is 1. The Morgan fingerprint density at radius 3 is 2.74 bits per heavy atom. The molecule has 0 aliphatic carbocycles. The van der Waals surface area contributed by atoms with Crippen molar-refractivity contribution in [3.8, 4) is 0 Å². The number of amides is 1. The highest BCUT2D eigenvalue weighted by atomic mass is 32.2. The molecule has 1 aromatic carbocycles. The molecule has 164 valence electrons. The lowest BCUT2D eigenvalue weighted by Gasteiger charge is -2.27. The van der Waals surface area contributed by atoms with Crippen LogP contribution in [0.4, 0.5) is 5.13 Å². The first-order valence-corrected chi connectivity index (χ1v) is 13.0. The Kier molecular flexibility index (Phi) is 6.09. The van der Waals surface area contributed by atoms with Crippen molar-refractivity contribution in [3.63, 3.8) is 0 Å². The van der Waals surface area contributed by atoms with E-state index in [1.165, 1.54) is 15.6 Å². The Morgan fingerprint density at radius 2 is 2.06 bits per heavy atom. The molecule has 4 rings (SSSR count). The number of fused-ring (bicyclic) bond motifs is 1. The van der Waals surface area contributed by atoms with Crippen LogP contribution in [0.15, 0.2) is 42.6 Å². The van der Waals surface area contributed by atoms with Crippen LogP contribution < -0.4 is 4.90 Å². The second-order valence-corrected chi connectivity index (χ2v) is 11.1. The van der Waals surface area contributed by atoms with Gasteiger partial charge in [0.1, 0.15) is 6.04 Å². The number of hydrogen-bond acceptors (Lipinski definition) is 6. The molecule has 7 nitrogen and oxygen atoms in total. The molecule has 1 fully saturated rings. The van der Waals surface area contributed by atoms with Gasteiger partial charge in [0.15, 0.2) is 5.13 Å². The van der Waals surface area contributed by atoms with Crippen LogP contribution in [0.3, 0.4) is 0 Å². The fourth-order valence-electron chi connectivity index (χ4n) is 4.00. The lowest BCUT2D eigenvalue weighted by Crippen LogP contribution is -2.47. The highest BCUT2D eigenvalue weighted by Gasteiger charge is 2.39. The molecule has 2 aromatic heterocycles. The average molecular weight is 459 g/mol. The van der Waals surface area contributed by atoms with Crippen LogP contribution in [0.5, 0.6) is 0 Å². The Hall–Kier alpha value is -2.36. The summed E-state index contributed by atoms with van der Waals surface area (Å²) in [6, 6.07) is 10.9. The monoisotopic (exact) mass is 458 g/mol. The standard InChI is InChI=1S/C22H26N4O3S2/c1-15(2)17-9-6-11-19-20(17)24-22(30-19)25(14-16-8-4-5-12-23-16)21(27)18-10-7-13-26(18)31(3,28)29/h4-6,8-9,11-12,15,18H,7,10,13-14H2,1-3H3. The summed E-state index contributed by atoms with van der Waals surface area (Å²) in [7, 11) is -3.47. The predicted octanol–water partition coefficient (Wildman–Crippen LogP) is 3.77. The van der Waals surface area contributed by atoms with Crippen LogP contribution in [0.25, 0.3) is 10.2 Å². The maximum Gasteiger partial charge on any atom is 0.247 e. The zero-order chi connectivity index (χ0) is 22.2. The van der Waals surface area contributed by atoms with Crippen molar-refractivity contribution < 1.29 is 13.2 Å². The largest absolute Gasteiger partial charge is 0.281 e. The summed E-state index contributed by atoms with van der Waals surface area (Å²) < 4.78 is 26.8. The van der Waals surface area contributed by atoms with E-state index in [-0.39, 0.29) is 12.5 Å². The first-order chi connectivity index (χ1) is 14.8. The van der Waals surface area contributed by atoms with E-state index in [2.05, 4.69) is 24.9 Å². The summed E-state index contributed by atoms with van der Waals surface area (Å²) in [6.45, 7) is 4.84. The van der Waals surface area contributed by atoms with E-state index in [9.17, 15) is 13.2 Å². The molecule has 0 radical (unpaired) electrons. The second kappa shape index (κ2) is 8.64. The smallest absolute Gasteiger partial charge is 0.247 e. The first-order valence-electron chi connectivity index (χ1n) is 10.3. The van der Waals surface area contributed by atoms with E-state index in [0.717, 1.165) is 27.7 Å². The third-order valence-corrected chi connectivity index (χ3v) is 7.85. The molecule has 1 atom stereocenters. The van der Waals surface area contributed by atoms with E-state index < -0.39 is 16.1 Å². The van der Waals surface area contributed by atoms with Gasteiger partial charge >= 0.3 is 0 Å². The van der Waals surface area contributed by atoms with Gasteiger partial charge in [-0.05, 0) is 42.5 Å².